The van der Waals surface area contributed by atoms with Crippen LogP contribution in [-0.2, 0) is 7.05 Å². The third-order valence-electron chi connectivity index (χ3n) is 4.16. The lowest BCUT2D eigenvalue weighted by Gasteiger charge is -2.36. The highest BCUT2D eigenvalue weighted by Crippen LogP contribution is 2.21. The smallest absolute Gasteiger partial charge is 0.271 e. The molecule has 1 saturated heterocycles. The minimum Gasteiger partial charge on any atom is -0.350 e. The molecule has 1 N–H and O–H groups in total. The van der Waals surface area contributed by atoms with Gasteiger partial charge >= 0.3 is 0 Å². The van der Waals surface area contributed by atoms with E-state index < -0.39 is 0 Å². The molecule has 24 heavy (non-hydrogen) atoms. The van der Waals surface area contributed by atoms with Gasteiger partial charge in [-0.3, -0.25) is 14.6 Å². The molecule has 126 valence electrons. The highest BCUT2D eigenvalue weighted by atomic mass is 16.2. The van der Waals surface area contributed by atoms with Crippen molar-refractivity contribution in [3.05, 3.63) is 46.8 Å². The number of piperidine rings is 1. The fourth-order valence-electron chi connectivity index (χ4n) is 2.87. The summed E-state index contributed by atoms with van der Waals surface area (Å²) in [5.41, 5.74) is 0.170. The first-order valence-electron chi connectivity index (χ1n) is 8.00. The van der Waals surface area contributed by atoms with E-state index in [0.29, 0.717) is 12.2 Å². The quantitative estimate of drug-likeness (QED) is 0.871. The number of anilines is 1. The number of nitrogens with zero attached hydrogens (tertiary/aromatic N) is 5. The molecule has 0 saturated carbocycles. The normalized spacial score (nSPS) is 17.5. The summed E-state index contributed by atoms with van der Waals surface area (Å²) in [7, 11) is 1.64. The summed E-state index contributed by atoms with van der Waals surface area (Å²) in [6.45, 7) is 1.36. The second-order valence-electron chi connectivity index (χ2n) is 5.80. The number of amides is 1. The Labute approximate surface area is 139 Å². The molecule has 8 nitrogen and oxygen atoms in total. The maximum absolute atomic E-state index is 12.1. The summed E-state index contributed by atoms with van der Waals surface area (Å²) in [5.74, 6) is 0.526. The van der Waals surface area contributed by atoms with Gasteiger partial charge in [0.15, 0.2) is 0 Å². The summed E-state index contributed by atoms with van der Waals surface area (Å²) < 4.78 is 1.33. The van der Waals surface area contributed by atoms with Crippen molar-refractivity contribution in [2.45, 2.75) is 25.3 Å². The van der Waals surface area contributed by atoms with Gasteiger partial charge in [0.1, 0.15) is 11.5 Å². The number of aromatic nitrogens is 4. The maximum Gasteiger partial charge on any atom is 0.271 e. The van der Waals surface area contributed by atoms with Crippen LogP contribution in [-0.4, -0.2) is 44.8 Å². The van der Waals surface area contributed by atoms with Crippen LogP contribution in [0.2, 0.25) is 0 Å². The van der Waals surface area contributed by atoms with Gasteiger partial charge in [0, 0.05) is 44.6 Å². The molecule has 0 aromatic carbocycles. The van der Waals surface area contributed by atoms with Crippen LogP contribution in [0.15, 0.2) is 35.5 Å². The van der Waals surface area contributed by atoms with Gasteiger partial charge in [-0.25, -0.2) is 9.67 Å². The van der Waals surface area contributed by atoms with E-state index in [1.165, 1.54) is 29.3 Å². The molecule has 2 aromatic heterocycles. The Morgan fingerprint density at radius 3 is 2.96 bits per heavy atom. The fourth-order valence-corrected chi connectivity index (χ4v) is 2.87. The first-order chi connectivity index (χ1) is 11.6. The molecule has 0 bridgehead atoms. The van der Waals surface area contributed by atoms with Crippen LogP contribution in [0.1, 0.15) is 29.8 Å². The summed E-state index contributed by atoms with van der Waals surface area (Å²) in [4.78, 5) is 33.7. The number of carbonyl (C=O) groups is 1. The first kappa shape index (κ1) is 16.1. The minimum atomic E-state index is -0.234. The zero-order chi connectivity index (χ0) is 16.9. The predicted octanol–water partition coefficient (Wildman–Crippen LogP) is 0.359. The monoisotopic (exact) mass is 328 g/mol. The third-order valence-corrected chi connectivity index (χ3v) is 4.16. The summed E-state index contributed by atoms with van der Waals surface area (Å²) in [5, 5.41) is 7.24. The van der Waals surface area contributed by atoms with E-state index >= 15 is 0 Å². The van der Waals surface area contributed by atoms with Crippen molar-refractivity contribution in [3.63, 3.8) is 0 Å². The molecular formula is C16H20N6O2. The van der Waals surface area contributed by atoms with Crippen LogP contribution >= 0.6 is 0 Å². The average molecular weight is 328 g/mol. The number of hydrogen-bond donors (Lipinski definition) is 1. The summed E-state index contributed by atoms with van der Waals surface area (Å²) >= 11 is 0. The van der Waals surface area contributed by atoms with Gasteiger partial charge in [-0.2, -0.15) is 5.10 Å². The highest BCUT2D eigenvalue weighted by Gasteiger charge is 2.24. The van der Waals surface area contributed by atoms with Crippen LogP contribution in [0.4, 0.5) is 5.82 Å². The standard InChI is InChI=1S/C16H20N6O2/c1-21-15(23)6-5-14(20-21)22-9-3-2-4-12(22)10-19-16(24)13-11-17-7-8-18-13/h5-8,11-12H,2-4,9-10H2,1H3,(H,19,24). The molecule has 1 aliphatic rings. The molecule has 1 amide bonds. The number of hydrogen-bond acceptors (Lipinski definition) is 6. The van der Waals surface area contributed by atoms with Gasteiger partial charge < -0.3 is 10.2 Å². The van der Waals surface area contributed by atoms with Gasteiger partial charge in [0.2, 0.25) is 0 Å². The van der Waals surface area contributed by atoms with E-state index in [1.807, 2.05) is 0 Å². The van der Waals surface area contributed by atoms with Crippen LogP contribution in [0.25, 0.3) is 0 Å². The van der Waals surface area contributed by atoms with Crippen LogP contribution in [0.5, 0.6) is 0 Å². The van der Waals surface area contributed by atoms with E-state index in [1.54, 1.807) is 13.1 Å². The molecule has 0 aliphatic carbocycles. The van der Waals surface area contributed by atoms with Crippen molar-refractivity contribution < 1.29 is 4.79 Å². The van der Waals surface area contributed by atoms with Gasteiger partial charge in [0.05, 0.1) is 6.20 Å². The Kier molecular flexibility index (Phi) is 4.83. The molecule has 3 heterocycles. The number of rotatable bonds is 4. The molecule has 8 heteroatoms. The van der Waals surface area contributed by atoms with Crippen molar-refractivity contribution in [3.8, 4) is 0 Å². The fraction of sp³-hybridized carbons (Fsp3) is 0.438. The second-order valence-corrected chi connectivity index (χ2v) is 5.80. The minimum absolute atomic E-state index is 0.136. The zero-order valence-electron chi connectivity index (χ0n) is 13.6. The van der Waals surface area contributed by atoms with Gasteiger partial charge in [-0.15, -0.1) is 0 Å². The number of aryl methyl sites for hydroxylation is 1. The molecule has 1 unspecified atom stereocenters. The SMILES string of the molecule is Cn1nc(N2CCCCC2CNC(=O)c2cnccn2)ccc1=O. The first-order valence-corrected chi connectivity index (χ1v) is 8.00. The zero-order valence-corrected chi connectivity index (χ0v) is 13.6. The Balaban J connectivity index is 1.69. The van der Waals surface area contributed by atoms with E-state index in [2.05, 4.69) is 25.3 Å². The van der Waals surface area contributed by atoms with Crippen molar-refractivity contribution in [2.75, 3.05) is 18.0 Å². The molecule has 0 spiro atoms. The molecule has 1 atom stereocenters. The number of carbonyl (C=O) groups excluding carboxylic acids is 1. The van der Waals surface area contributed by atoms with Crippen molar-refractivity contribution >= 4 is 11.7 Å². The van der Waals surface area contributed by atoms with Crippen LogP contribution in [0.3, 0.4) is 0 Å². The second kappa shape index (κ2) is 7.20. The Morgan fingerprint density at radius 2 is 2.21 bits per heavy atom. The average Bonchev–Trinajstić information content (AvgIpc) is 2.63. The Morgan fingerprint density at radius 1 is 1.33 bits per heavy atom. The Bertz CT molecular complexity index is 761. The lowest BCUT2D eigenvalue weighted by atomic mass is 10.0. The van der Waals surface area contributed by atoms with Gasteiger partial charge in [-0.05, 0) is 25.3 Å². The summed E-state index contributed by atoms with van der Waals surface area (Å²) in [6.07, 6.45) is 7.61. The number of nitrogens with one attached hydrogen (secondary N) is 1. The van der Waals surface area contributed by atoms with Gasteiger partial charge in [-0.1, -0.05) is 0 Å². The lowest BCUT2D eigenvalue weighted by Crippen LogP contribution is -2.47. The van der Waals surface area contributed by atoms with Crippen LogP contribution in [0, 0.1) is 0 Å². The lowest BCUT2D eigenvalue weighted by molar-refractivity contribution is 0.0944. The van der Waals surface area contributed by atoms with Crippen molar-refractivity contribution in [1.82, 2.24) is 25.1 Å². The molecule has 1 fully saturated rings. The van der Waals surface area contributed by atoms with E-state index in [4.69, 9.17) is 0 Å². The molecule has 1 aliphatic heterocycles. The van der Waals surface area contributed by atoms with Crippen molar-refractivity contribution in [2.24, 2.45) is 7.05 Å². The summed E-state index contributed by atoms with van der Waals surface area (Å²) in [6, 6.07) is 3.40. The van der Waals surface area contributed by atoms with E-state index in [-0.39, 0.29) is 17.5 Å². The van der Waals surface area contributed by atoms with E-state index in [0.717, 1.165) is 31.6 Å². The van der Waals surface area contributed by atoms with Crippen LogP contribution < -0.4 is 15.8 Å². The highest BCUT2D eigenvalue weighted by molar-refractivity contribution is 5.91. The largest absolute Gasteiger partial charge is 0.350 e. The van der Waals surface area contributed by atoms with Crippen molar-refractivity contribution in [1.29, 1.82) is 0 Å². The third kappa shape index (κ3) is 3.58. The van der Waals surface area contributed by atoms with E-state index in [9.17, 15) is 9.59 Å². The molecule has 2 aromatic rings. The topological polar surface area (TPSA) is 93.0 Å². The molecule has 0 radical (unpaired) electrons. The predicted molar refractivity (Wildman–Crippen MR) is 88.8 cm³/mol. The maximum atomic E-state index is 12.1. The van der Waals surface area contributed by atoms with Gasteiger partial charge in [0.25, 0.3) is 11.5 Å². The Hall–Kier alpha value is -2.77. The molecule has 3 rings (SSSR count). The molecular weight excluding hydrogens is 308 g/mol.